The van der Waals surface area contributed by atoms with E-state index in [9.17, 15) is 14.3 Å². The Labute approximate surface area is 289 Å². The molecule has 1 aliphatic carbocycles. The van der Waals surface area contributed by atoms with Gasteiger partial charge in [0.1, 0.15) is 11.6 Å². The number of anilines is 1. The molecule has 1 N–H and O–H groups in total. The van der Waals surface area contributed by atoms with E-state index >= 15 is 0 Å². The quantitative estimate of drug-likeness (QED) is 0.206. The van der Waals surface area contributed by atoms with E-state index in [-0.39, 0.29) is 11.9 Å². The lowest BCUT2D eigenvalue weighted by Crippen LogP contribution is -2.44. The monoisotopic (exact) mass is 674 g/mol. The van der Waals surface area contributed by atoms with Crippen molar-refractivity contribution < 1.29 is 33.2 Å². The van der Waals surface area contributed by atoms with Gasteiger partial charge in [-0.3, -0.25) is 4.98 Å². The summed E-state index contributed by atoms with van der Waals surface area (Å²) in [5, 5.41) is 10.6. The van der Waals surface area contributed by atoms with Gasteiger partial charge in [0.25, 0.3) is 0 Å². The second kappa shape index (κ2) is 15.2. The number of aliphatic carboxylic acids is 1. The highest BCUT2D eigenvalue weighted by Crippen LogP contribution is 2.51. The molecule has 3 heterocycles. The molecule has 2 aromatic carbocycles. The Kier molecular flexibility index (Phi) is 10.9. The van der Waals surface area contributed by atoms with Crippen LogP contribution in [0.25, 0.3) is 11.1 Å². The van der Waals surface area contributed by atoms with Crippen molar-refractivity contribution in [3.05, 3.63) is 76.9 Å². The van der Waals surface area contributed by atoms with E-state index in [4.69, 9.17) is 23.9 Å². The highest BCUT2D eigenvalue weighted by molar-refractivity contribution is 5.88. The third-order valence-electron chi connectivity index (χ3n) is 10.3. The summed E-state index contributed by atoms with van der Waals surface area (Å²) in [4.78, 5) is 20.5. The van der Waals surface area contributed by atoms with Gasteiger partial charge in [-0.25, -0.2) is 9.18 Å². The van der Waals surface area contributed by atoms with E-state index in [0.717, 1.165) is 72.6 Å². The van der Waals surface area contributed by atoms with Crippen LogP contribution in [0.4, 0.5) is 10.1 Å². The standard InChI is InChI=1S/C40H51FN2O6/c1-27-34(37(38(44)45)49-39(2,3)4)36(43-21-19-40(20-22-43)17-5-18-40)35(33(42-27)26-48-32-15-23-46-24-16-32)29-8-12-31(13-9-29)47-25-14-28-6-10-30(41)11-7-28/h6-13,32,37H,5,14-26H2,1-4H3,(H,44,45)/t37-/m0/s1. The molecule has 1 atom stereocenters. The second-order valence-electron chi connectivity index (χ2n) is 14.9. The van der Waals surface area contributed by atoms with Crippen molar-refractivity contribution in [2.75, 3.05) is 37.8 Å². The fourth-order valence-corrected chi connectivity index (χ4v) is 7.47. The largest absolute Gasteiger partial charge is 0.493 e. The summed E-state index contributed by atoms with van der Waals surface area (Å²) in [5.41, 5.74) is 5.46. The molecule has 9 heteroatoms. The fourth-order valence-electron chi connectivity index (χ4n) is 7.47. The number of pyridine rings is 1. The van der Waals surface area contributed by atoms with E-state index in [1.54, 1.807) is 12.1 Å². The lowest BCUT2D eigenvalue weighted by Gasteiger charge is -2.49. The first-order valence-electron chi connectivity index (χ1n) is 17.9. The average molecular weight is 675 g/mol. The first-order valence-corrected chi connectivity index (χ1v) is 17.9. The van der Waals surface area contributed by atoms with Gasteiger partial charge in [-0.15, -0.1) is 0 Å². The molecule has 2 aliphatic heterocycles. The maximum atomic E-state index is 13.3. The lowest BCUT2D eigenvalue weighted by molar-refractivity contribution is -0.160. The van der Waals surface area contributed by atoms with E-state index < -0.39 is 17.7 Å². The van der Waals surface area contributed by atoms with Crippen molar-refractivity contribution in [2.24, 2.45) is 5.41 Å². The van der Waals surface area contributed by atoms with Crippen LogP contribution in [-0.4, -0.2) is 60.7 Å². The number of halogens is 1. The number of piperidine rings is 1. The number of hydrogen-bond acceptors (Lipinski definition) is 7. The zero-order valence-corrected chi connectivity index (χ0v) is 29.4. The van der Waals surface area contributed by atoms with Gasteiger partial charge in [0.2, 0.25) is 0 Å². The molecule has 0 bridgehead atoms. The van der Waals surface area contributed by atoms with Crippen LogP contribution in [0.3, 0.4) is 0 Å². The number of hydrogen-bond donors (Lipinski definition) is 1. The van der Waals surface area contributed by atoms with Crippen LogP contribution in [0.15, 0.2) is 48.5 Å². The van der Waals surface area contributed by atoms with Crippen LogP contribution in [0, 0.1) is 18.2 Å². The molecule has 3 aromatic rings. The molecule has 1 spiro atoms. The highest BCUT2D eigenvalue weighted by atomic mass is 19.1. The average Bonchev–Trinajstić information content (AvgIpc) is 3.07. The minimum atomic E-state index is -1.19. The van der Waals surface area contributed by atoms with Gasteiger partial charge in [0.15, 0.2) is 6.10 Å². The van der Waals surface area contributed by atoms with Crippen molar-refractivity contribution in [1.29, 1.82) is 0 Å². The molecular formula is C40H51FN2O6. The molecule has 2 saturated heterocycles. The van der Waals surface area contributed by atoms with Crippen molar-refractivity contribution in [3.8, 4) is 16.9 Å². The van der Waals surface area contributed by atoms with Gasteiger partial charge >= 0.3 is 5.97 Å². The van der Waals surface area contributed by atoms with Crippen LogP contribution in [0.1, 0.15) is 94.3 Å². The van der Waals surface area contributed by atoms with E-state index in [2.05, 4.69) is 4.90 Å². The molecule has 1 saturated carbocycles. The van der Waals surface area contributed by atoms with Crippen LogP contribution < -0.4 is 9.64 Å². The summed E-state index contributed by atoms with van der Waals surface area (Å²) in [6, 6.07) is 14.4. The predicted octanol–water partition coefficient (Wildman–Crippen LogP) is 8.22. The Morgan fingerprint density at radius 3 is 2.31 bits per heavy atom. The zero-order valence-electron chi connectivity index (χ0n) is 29.4. The van der Waals surface area contributed by atoms with Crippen molar-refractivity contribution in [3.63, 3.8) is 0 Å². The minimum absolute atomic E-state index is 0.0770. The summed E-state index contributed by atoms with van der Waals surface area (Å²) in [7, 11) is 0. The second-order valence-corrected chi connectivity index (χ2v) is 14.9. The van der Waals surface area contributed by atoms with Crippen molar-refractivity contribution in [1.82, 2.24) is 4.98 Å². The van der Waals surface area contributed by atoms with Gasteiger partial charge in [0.05, 0.1) is 36.3 Å². The molecular weight excluding hydrogens is 623 g/mol. The Balaban J connectivity index is 1.39. The maximum absolute atomic E-state index is 13.3. The highest BCUT2D eigenvalue weighted by Gasteiger charge is 2.42. The molecule has 8 nitrogen and oxygen atoms in total. The molecule has 264 valence electrons. The van der Waals surface area contributed by atoms with Gasteiger partial charge in [-0.1, -0.05) is 30.7 Å². The SMILES string of the molecule is Cc1nc(COC2CCOCC2)c(-c2ccc(OCCc3ccc(F)cc3)cc2)c(N2CCC3(CCC3)CC2)c1[C@H](OC(C)(C)C)C(=O)O. The minimum Gasteiger partial charge on any atom is -0.493 e. The Morgan fingerprint density at radius 1 is 1.04 bits per heavy atom. The molecule has 0 amide bonds. The van der Waals surface area contributed by atoms with Crippen LogP contribution in [0.5, 0.6) is 5.75 Å². The lowest BCUT2D eigenvalue weighted by atomic mass is 9.63. The van der Waals surface area contributed by atoms with Gasteiger partial charge in [-0.2, -0.15) is 0 Å². The van der Waals surface area contributed by atoms with E-state index in [0.29, 0.717) is 49.5 Å². The molecule has 0 radical (unpaired) electrons. The maximum Gasteiger partial charge on any atom is 0.337 e. The van der Waals surface area contributed by atoms with Crippen molar-refractivity contribution >= 4 is 11.7 Å². The number of aryl methyl sites for hydroxylation is 1. The molecule has 0 unspecified atom stereocenters. The molecule has 1 aromatic heterocycles. The summed E-state index contributed by atoms with van der Waals surface area (Å²) >= 11 is 0. The fraction of sp³-hybridized carbons (Fsp3) is 0.550. The van der Waals surface area contributed by atoms with Crippen molar-refractivity contribution in [2.45, 2.75) is 103 Å². The van der Waals surface area contributed by atoms with Gasteiger partial charge in [-0.05, 0) is 107 Å². The summed E-state index contributed by atoms with van der Waals surface area (Å²) in [6.07, 6.45) is 7.20. The number of carboxylic acid groups (broad SMARTS) is 1. The number of carbonyl (C=O) groups is 1. The molecule has 3 fully saturated rings. The number of benzene rings is 2. The zero-order chi connectivity index (χ0) is 34.6. The summed E-state index contributed by atoms with van der Waals surface area (Å²) in [5.74, 6) is -0.564. The molecule has 3 aliphatic rings. The Bertz CT molecular complexity index is 1570. The van der Waals surface area contributed by atoms with Gasteiger partial charge < -0.3 is 29.0 Å². The third-order valence-corrected chi connectivity index (χ3v) is 10.3. The first kappa shape index (κ1) is 35.3. The smallest absolute Gasteiger partial charge is 0.337 e. The molecule has 6 rings (SSSR count). The number of aromatic nitrogens is 1. The third kappa shape index (κ3) is 8.62. The Hall–Kier alpha value is -3.53. The van der Waals surface area contributed by atoms with Gasteiger partial charge in [0, 0.05) is 49.5 Å². The normalized spacial score (nSPS) is 18.7. The first-order chi connectivity index (χ1) is 23.5. The topological polar surface area (TPSA) is 90.4 Å². The van der Waals surface area contributed by atoms with E-state index in [1.165, 1.54) is 31.4 Å². The predicted molar refractivity (Wildman–Crippen MR) is 188 cm³/mol. The number of rotatable bonds is 12. The number of nitrogens with zero attached hydrogens (tertiary/aromatic N) is 2. The van der Waals surface area contributed by atoms with Crippen LogP contribution in [0.2, 0.25) is 0 Å². The summed E-state index contributed by atoms with van der Waals surface area (Å²) in [6.45, 7) is 11.4. The number of carboxylic acids is 1. The Morgan fingerprint density at radius 2 is 1.71 bits per heavy atom. The van der Waals surface area contributed by atoms with Crippen LogP contribution >= 0.6 is 0 Å². The summed E-state index contributed by atoms with van der Waals surface area (Å²) < 4.78 is 37.8. The number of ether oxygens (including phenoxy) is 4. The van der Waals surface area contributed by atoms with Crippen LogP contribution in [-0.2, 0) is 32.0 Å². The molecule has 49 heavy (non-hydrogen) atoms. The van der Waals surface area contributed by atoms with E-state index in [1.807, 2.05) is 52.0 Å².